The molecule has 2 aliphatic carbocycles. The third kappa shape index (κ3) is 3.23. The maximum absolute atomic E-state index is 12.8. The summed E-state index contributed by atoms with van der Waals surface area (Å²) in [5.74, 6) is 0.363. The molecule has 138 valence electrons. The lowest BCUT2D eigenvalue weighted by atomic mass is 9.70. The summed E-state index contributed by atoms with van der Waals surface area (Å²) in [5, 5.41) is 0. The van der Waals surface area contributed by atoms with Crippen LogP contribution >= 0.6 is 0 Å². The van der Waals surface area contributed by atoms with E-state index in [1.165, 1.54) is 5.56 Å². The lowest BCUT2D eigenvalue weighted by Gasteiger charge is -2.36. The molecule has 2 aliphatic rings. The van der Waals surface area contributed by atoms with Gasteiger partial charge in [0, 0.05) is 12.1 Å². The van der Waals surface area contributed by atoms with Crippen molar-refractivity contribution in [3.63, 3.8) is 0 Å². The van der Waals surface area contributed by atoms with E-state index >= 15 is 0 Å². The van der Waals surface area contributed by atoms with Gasteiger partial charge in [-0.15, -0.1) is 0 Å². The van der Waals surface area contributed by atoms with Crippen molar-refractivity contribution < 1.29 is 13.2 Å². The van der Waals surface area contributed by atoms with Crippen LogP contribution in [0.15, 0.2) is 24.3 Å². The standard InChI is InChI=1S/C20H29NO3S/c1-4-5-6-15-7-9-17(10-8-15)21-25(23,24)14-20-12-11-16(13-18(20)22)19(20,2)3/h7-10,16,21H,4-6,11-14H2,1-3H3/t16-,20+/m0/s1. The molecule has 0 aliphatic heterocycles. The number of unbranched alkanes of at least 4 members (excludes halogenated alkanes) is 1. The molecule has 0 unspecified atom stereocenters. The van der Waals surface area contributed by atoms with Crippen LogP contribution in [0, 0.1) is 16.7 Å². The molecule has 2 atom stereocenters. The number of ketones is 1. The number of carbonyl (C=O) groups excluding carboxylic acids is 1. The number of sulfonamides is 1. The summed E-state index contributed by atoms with van der Waals surface area (Å²) in [7, 11) is -3.57. The SMILES string of the molecule is CCCCc1ccc(NS(=O)(=O)C[C@]23CC[C@@H](CC2=O)C3(C)C)cc1. The number of hydrogen-bond donors (Lipinski definition) is 1. The van der Waals surface area contributed by atoms with Gasteiger partial charge in [-0.3, -0.25) is 9.52 Å². The second kappa shape index (κ2) is 6.42. The van der Waals surface area contributed by atoms with Gasteiger partial charge in [-0.05, 0) is 54.7 Å². The predicted molar refractivity (Wildman–Crippen MR) is 101 cm³/mol. The highest BCUT2D eigenvalue weighted by atomic mass is 32.2. The summed E-state index contributed by atoms with van der Waals surface area (Å²) < 4.78 is 28.2. The first-order valence-electron chi connectivity index (χ1n) is 9.33. The quantitative estimate of drug-likeness (QED) is 0.791. The summed E-state index contributed by atoms with van der Waals surface area (Å²) in [4.78, 5) is 12.6. The van der Waals surface area contributed by atoms with E-state index in [-0.39, 0.29) is 17.0 Å². The number of nitrogens with one attached hydrogen (secondary N) is 1. The van der Waals surface area contributed by atoms with Gasteiger partial charge < -0.3 is 0 Å². The minimum atomic E-state index is -3.57. The van der Waals surface area contributed by atoms with Crippen molar-refractivity contribution in [2.24, 2.45) is 16.7 Å². The Morgan fingerprint density at radius 2 is 1.88 bits per heavy atom. The van der Waals surface area contributed by atoms with Gasteiger partial charge >= 0.3 is 0 Å². The molecule has 1 N–H and O–H groups in total. The molecule has 1 aromatic carbocycles. The molecular formula is C20H29NO3S. The van der Waals surface area contributed by atoms with Gasteiger partial charge in [0.15, 0.2) is 0 Å². The van der Waals surface area contributed by atoms with Crippen molar-refractivity contribution in [1.29, 1.82) is 0 Å². The highest BCUT2D eigenvalue weighted by Gasteiger charge is 2.65. The second-order valence-corrected chi connectivity index (χ2v) is 10.1. The molecule has 4 nitrogen and oxygen atoms in total. The maximum atomic E-state index is 12.8. The van der Waals surface area contributed by atoms with Crippen LogP contribution in [0.2, 0.25) is 0 Å². The lowest BCUT2D eigenvalue weighted by Crippen LogP contribution is -2.43. The summed E-state index contributed by atoms with van der Waals surface area (Å²) in [6.07, 6.45) is 5.47. The summed E-state index contributed by atoms with van der Waals surface area (Å²) in [5.41, 5.74) is 0.844. The van der Waals surface area contributed by atoms with Crippen LogP contribution in [0.5, 0.6) is 0 Å². The van der Waals surface area contributed by atoms with Crippen LogP contribution in [-0.2, 0) is 21.2 Å². The van der Waals surface area contributed by atoms with Crippen LogP contribution in [0.4, 0.5) is 5.69 Å². The fourth-order valence-corrected chi connectivity index (χ4v) is 6.66. The third-order valence-corrected chi connectivity index (χ3v) is 8.04. The van der Waals surface area contributed by atoms with E-state index in [2.05, 4.69) is 25.5 Å². The van der Waals surface area contributed by atoms with Crippen LogP contribution in [0.3, 0.4) is 0 Å². The number of aryl methyl sites for hydroxylation is 1. The molecule has 0 spiro atoms. The van der Waals surface area contributed by atoms with Gasteiger partial charge in [0.25, 0.3) is 0 Å². The Bertz CT molecular complexity index is 752. The highest BCUT2D eigenvalue weighted by molar-refractivity contribution is 7.92. The molecule has 5 heteroatoms. The number of rotatable bonds is 7. The fraction of sp³-hybridized carbons (Fsp3) is 0.650. The topological polar surface area (TPSA) is 63.2 Å². The first kappa shape index (κ1) is 18.4. The summed E-state index contributed by atoms with van der Waals surface area (Å²) in [6, 6.07) is 7.59. The number of fused-ring (bicyclic) bond motifs is 2. The largest absolute Gasteiger partial charge is 0.299 e. The maximum Gasteiger partial charge on any atom is 0.233 e. The molecule has 0 aromatic heterocycles. The van der Waals surface area contributed by atoms with Crippen LogP contribution in [0.25, 0.3) is 0 Å². The van der Waals surface area contributed by atoms with Crippen molar-refractivity contribution >= 4 is 21.5 Å². The first-order chi connectivity index (χ1) is 11.7. The molecular weight excluding hydrogens is 334 g/mol. The Labute approximate surface area is 151 Å². The number of carbonyl (C=O) groups is 1. The van der Waals surface area contributed by atoms with E-state index in [1.54, 1.807) is 0 Å². The third-order valence-electron chi connectivity index (χ3n) is 6.62. The summed E-state index contributed by atoms with van der Waals surface area (Å²) >= 11 is 0. The molecule has 0 radical (unpaired) electrons. The average molecular weight is 364 g/mol. The molecule has 0 heterocycles. The van der Waals surface area contributed by atoms with Gasteiger partial charge in [-0.25, -0.2) is 8.42 Å². The molecule has 25 heavy (non-hydrogen) atoms. The number of hydrogen-bond acceptors (Lipinski definition) is 3. The van der Waals surface area contributed by atoms with E-state index in [1.807, 2.05) is 24.3 Å². The minimum Gasteiger partial charge on any atom is -0.299 e. The zero-order chi connectivity index (χ0) is 18.3. The van der Waals surface area contributed by atoms with E-state index < -0.39 is 15.4 Å². The van der Waals surface area contributed by atoms with E-state index in [9.17, 15) is 13.2 Å². The smallest absolute Gasteiger partial charge is 0.233 e. The van der Waals surface area contributed by atoms with E-state index in [0.717, 1.165) is 25.7 Å². The number of Topliss-reactive ketones (excluding diaryl/α,β-unsaturated/α-hetero) is 1. The Kier molecular flexibility index (Phi) is 4.73. The molecule has 0 saturated heterocycles. The van der Waals surface area contributed by atoms with Crippen molar-refractivity contribution in [1.82, 2.24) is 0 Å². The highest BCUT2D eigenvalue weighted by Crippen LogP contribution is 2.64. The molecule has 2 saturated carbocycles. The van der Waals surface area contributed by atoms with Crippen LogP contribution in [0.1, 0.15) is 58.4 Å². The Hall–Kier alpha value is -1.36. The zero-order valence-electron chi connectivity index (χ0n) is 15.5. The summed E-state index contributed by atoms with van der Waals surface area (Å²) in [6.45, 7) is 6.28. The van der Waals surface area contributed by atoms with Crippen molar-refractivity contribution in [3.8, 4) is 0 Å². The molecule has 2 bridgehead atoms. The lowest BCUT2D eigenvalue weighted by molar-refractivity contribution is -0.128. The van der Waals surface area contributed by atoms with Crippen LogP contribution < -0.4 is 4.72 Å². The van der Waals surface area contributed by atoms with Crippen molar-refractivity contribution in [2.45, 2.75) is 59.3 Å². The number of anilines is 1. The molecule has 1 aromatic rings. The second-order valence-electron chi connectivity index (χ2n) is 8.33. The molecule has 0 amide bonds. The van der Waals surface area contributed by atoms with Crippen LogP contribution in [-0.4, -0.2) is 20.0 Å². The monoisotopic (exact) mass is 363 g/mol. The van der Waals surface area contributed by atoms with Gasteiger partial charge in [-0.1, -0.05) is 39.3 Å². The Morgan fingerprint density at radius 1 is 1.20 bits per heavy atom. The minimum absolute atomic E-state index is 0.0973. The Balaban J connectivity index is 1.73. The van der Waals surface area contributed by atoms with Gasteiger partial charge in [0.1, 0.15) is 5.78 Å². The predicted octanol–water partition coefficient (Wildman–Crippen LogP) is 4.17. The normalized spacial score (nSPS) is 27.6. The van der Waals surface area contributed by atoms with Gasteiger partial charge in [0.2, 0.25) is 10.0 Å². The number of benzene rings is 1. The first-order valence-corrected chi connectivity index (χ1v) is 11.0. The molecule has 2 fully saturated rings. The van der Waals surface area contributed by atoms with E-state index in [0.29, 0.717) is 24.4 Å². The van der Waals surface area contributed by atoms with Gasteiger partial charge in [-0.2, -0.15) is 0 Å². The molecule has 3 rings (SSSR count). The van der Waals surface area contributed by atoms with Crippen molar-refractivity contribution in [2.75, 3.05) is 10.5 Å². The Morgan fingerprint density at radius 3 is 2.40 bits per heavy atom. The van der Waals surface area contributed by atoms with E-state index in [4.69, 9.17) is 0 Å². The van der Waals surface area contributed by atoms with Crippen molar-refractivity contribution in [3.05, 3.63) is 29.8 Å². The average Bonchev–Trinajstić information content (AvgIpc) is 2.87. The zero-order valence-corrected chi connectivity index (χ0v) is 16.3. The van der Waals surface area contributed by atoms with Gasteiger partial charge in [0.05, 0.1) is 11.2 Å². The fourth-order valence-electron chi connectivity index (χ4n) is 4.77.